The summed E-state index contributed by atoms with van der Waals surface area (Å²) in [4.78, 5) is 13.7. The van der Waals surface area contributed by atoms with E-state index in [2.05, 4.69) is 15.0 Å². The molecule has 17 heavy (non-hydrogen) atoms. The van der Waals surface area contributed by atoms with Gasteiger partial charge in [-0.05, 0) is 19.3 Å². The van der Waals surface area contributed by atoms with Crippen molar-refractivity contribution in [2.45, 2.75) is 19.3 Å². The highest BCUT2D eigenvalue weighted by Crippen LogP contribution is 2.11. The lowest BCUT2D eigenvalue weighted by Gasteiger charge is -2.11. The molecule has 0 aliphatic carbocycles. The Labute approximate surface area is 101 Å². The molecule has 0 bridgehead atoms. The second kappa shape index (κ2) is 6.85. The van der Waals surface area contributed by atoms with Crippen LogP contribution in [0.2, 0.25) is 0 Å². The molecular formula is C10H19N5O2. The maximum absolute atomic E-state index is 8.62. The van der Waals surface area contributed by atoms with Crippen LogP contribution in [0.25, 0.3) is 0 Å². The minimum Gasteiger partial charge on any atom is -0.463 e. The van der Waals surface area contributed by atoms with Gasteiger partial charge in [-0.2, -0.15) is 15.0 Å². The second-order valence-electron chi connectivity index (χ2n) is 3.80. The summed E-state index contributed by atoms with van der Waals surface area (Å²) < 4.78 is 5.37. The van der Waals surface area contributed by atoms with Crippen molar-refractivity contribution in [2.75, 3.05) is 37.9 Å². The largest absolute Gasteiger partial charge is 0.463 e. The Morgan fingerprint density at radius 2 is 1.94 bits per heavy atom. The monoisotopic (exact) mass is 241 g/mol. The lowest BCUT2D eigenvalue weighted by molar-refractivity contribution is 0.257. The van der Waals surface area contributed by atoms with Crippen LogP contribution in [0.15, 0.2) is 0 Å². The summed E-state index contributed by atoms with van der Waals surface area (Å²) >= 11 is 0. The molecule has 0 fully saturated rings. The van der Waals surface area contributed by atoms with Crippen molar-refractivity contribution in [1.29, 1.82) is 0 Å². The zero-order valence-electron chi connectivity index (χ0n) is 10.3. The molecule has 0 aromatic carbocycles. The molecule has 0 unspecified atom stereocenters. The first-order valence-corrected chi connectivity index (χ1v) is 5.56. The molecule has 0 radical (unpaired) electrons. The molecule has 0 saturated carbocycles. The van der Waals surface area contributed by atoms with Crippen molar-refractivity contribution in [3.05, 3.63) is 0 Å². The maximum Gasteiger partial charge on any atom is 0.323 e. The Bertz CT molecular complexity index is 345. The molecule has 7 nitrogen and oxygen atoms in total. The van der Waals surface area contributed by atoms with Gasteiger partial charge in [0.05, 0.1) is 6.61 Å². The van der Waals surface area contributed by atoms with Gasteiger partial charge in [-0.25, -0.2) is 0 Å². The van der Waals surface area contributed by atoms with Gasteiger partial charge in [-0.1, -0.05) is 0 Å². The fourth-order valence-electron chi connectivity index (χ4n) is 1.18. The molecule has 1 aromatic heterocycles. The summed E-state index contributed by atoms with van der Waals surface area (Å²) in [5, 5.41) is 8.62. The minimum atomic E-state index is 0.147. The SMILES string of the molecule is CN(C)c1nc(N)nc(OCCCCCO)n1. The van der Waals surface area contributed by atoms with E-state index in [1.807, 2.05) is 14.1 Å². The Balaban J connectivity index is 2.47. The van der Waals surface area contributed by atoms with Crippen molar-refractivity contribution in [3.63, 3.8) is 0 Å². The Kier molecular flexibility index (Phi) is 5.41. The molecule has 0 atom stereocenters. The molecule has 96 valence electrons. The number of rotatable bonds is 7. The summed E-state index contributed by atoms with van der Waals surface area (Å²) in [6.07, 6.45) is 2.55. The van der Waals surface area contributed by atoms with E-state index >= 15 is 0 Å². The number of aliphatic hydroxyl groups is 1. The molecule has 0 amide bonds. The van der Waals surface area contributed by atoms with Crippen LogP contribution >= 0.6 is 0 Å². The first-order chi connectivity index (χ1) is 8.13. The van der Waals surface area contributed by atoms with E-state index in [0.717, 1.165) is 19.3 Å². The van der Waals surface area contributed by atoms with Crippen LogP contribution in [-0.2, 0) is 0 Å². The Morgan fingerprint density at radius 3 is 2.59 bits per heavy atom. The van der Waals surface area contributed by atoms with E-state index in [1.54, 1.807) is 4.90 Å². The molecular weight excluding hydrogens is 222 g/mol. The van der Waals surface area contributed by atoms with Crippen molar-refractivity contribution in [3.8, 4) is 6.01 Å². The lowest BCUT2D eigenvalue weighted by atomic mass is 10.2. The lowest BCUT2D eigenvalue weighted by Crippen LogP contribution is -2.15. The van der Waals surface area contributed by atoms with E-state index < -0.39 is 0 Å². The van der Waals surface area contributed by atoms with Gasteiger partial charge in [0.25, 0.3) is 0 Å². The number of nitrogens with two attached hydrogens (primary N) is 1. The highest BCUT2D eigenvalue weighted by Gasteiger charge is 2.06. The predicted molar refractivity (Wildman–Crippen MR) is 65.0 cm³/mol. The van der Waals surface area contributed by atoms with Crippen molar-refractivity contribution >= 4 is 11.9 Å². The minimum absolute atomic E-state index is 0.147. The molecule has 0 saturated heterocycles. The summed E-state index contributed by atoms with van der Waals surface area (Å²) in [5.41, 5.74) is 5.55. The second-order valence-corrected chi connectivity index (χ2v) is 3.80. The normalized spacial score (nSPS) is 10.3. The molecule has 3 N–H and O–H groups in total. The first-order valence-electron chi connectivity index (χ1n) is 5.56. The standard InChI is InChI=1S/C10H19N5O2/c1-15(2)9-12-8(11)13-10(14-9)17-7-5-3-4-6-16/h16H,3-7H2,1-2H3,(H2,11,12,13,14). The number of hydrogen-bond donors (Lipinski definition) is 2. The van der Waals surface area contributed by atoms with E-state index in [9.17, 15) is 0 Å². The quantitative estimate of drug-likeness (QED) is 0.651. The summed E-state index contributed by atoms with van der Waals surface area (Å²) in [7, 11) is 3.64. The molecule has 1 rings (SSSR count). The molecule has 0 spiro atoms. The number of nitrogen functional groups attached to an aromatic ring is 1. The highest BCUT2D eigenvalue weighted by atomic mass is 16.5. The number of anilines is 2. The molecule has 1 aromatic rings. The average molecular weight is 241 g/mol. The zero-order valence-corrected chi connectivity index (χ0v) is 10.3. The highest BCUT2D eigenvalue weighted by molar-refractivity contribution is 5.33. The van der Waals surface area contributed by atoms with Crippen LogP contribution in [0.1, 0.15) is 19.3 Å². The molecule has 0 aliphatic heterocycles. The third kappa shape index (κ3) is 4.81. The smallest absolute Gasteiger partial charge is 0.323 e. The van der Waals surface area contributed by atoms with Crippen molar-refractivity contribution < 1.29 is 9.84 Å². The number of aromatic nitrogens is 3. The first kappa shape index (κ1) is 13.4. The number of hydrogen-bond acceptors (Lipinski definition) is 7. The average Bonchev–Trinajstić information content (AvgIpc) is 2.28. The number of aliphatic hydroxyl groups excluding tert-OH is 1. The van der Waals surface area contributed by atoms with Gasteiger partial charge < -0.3 is 20.5 Å². The topological polar surface area (TPSA) is 97.4 Å². The van der Waals surface area contributed by atoms with Gasteiger partial charge in [0.2, 0.25) is 11.9 Å². The van der Waals surface area contributed by atoms with Gasteiger partial charge in [-0.15, -0.1) is 0 Å². The fraction of sp³-hybridized carbons (Fsp3) is 0.700. The van der Waals surface area contributed by atoms with E-state index in [-0.39, 0.29) is 18.6 Å². The predicted octanol–water partition coefficient (Wildman–Crippen LogP) is 0.0612. The fourth-order valence-corrected chi connectivity index (χ4v) is 1.18. The van der Waals surface area contributed by atoms with E-state index in [1.165, 1.54) is 0 Å². The van der Waals surface area contributed by atoms with Crippen LogP contribution in [0, 0.1) is 0 Å². The third-order valence-electron chi connectivity index (χ3n) is 2.05. The number of ether oxygens (including phenoxy) is 1. The van der Waals surface area contributed by atoms with Gasteiger partial charge >= 0.3 is 6.01 Å². The van der Waals surface area contributed by atoms with E-state index in [0.29, 0.717) is 12.6 Å². The summed E-state index contributed by atoms with van der Waals surface area (Å²) in [6, 6.07) is 0.241. The van der Waals surface area contributed by atoms with Gasteiger partial charge in [-0.3, -0.25) is 0 Å². The van der Waals surface area contributed by atoms with Gasteiger partial charge in [0.15, 0.2) is 0 Å². The maximum atomic E-state index is 8.62. The van der Waals surface area contributed by atoms with Crippen LogP contribution in [0.4, 0.5) is 11.9 Å². The number of unbranched alkanes of at least 4 members (excludes halogenated alkanes) is 2. The molecule has 1 heterocycles. The Morgan fingerprint density at radius 1 is 1.18 bits per heavy atom. The van der Waals surface area contributed by atoms with Crippen molar-refractivity contribution in [2.24, 2.45) is 0 Å². The molecule has 0 aliphatic rings. The number of nitrogens with zero attached hydrogens (tertiary/aromatic N) is 4. The summed E-state index contributed by atoms with van der Waals surface area (Å²) in [6.45, 7) is 0.722. The van der Waals surface area contributed by atoms with Gasteiger partial charge in [0, 0.05) is 20.7 Å². The van der Waals surface area contributed by atoms with Crippen LogP contribution in [-0.4, -0.2) is 47.4 Å². The van der Waals surface area contributed by atoms with Crippen LogP contribution in [0.5, 0.6) is 6.01 Å². The van der Waals surface area contributed by atoms with E-state index in [4.69, 9.17) is 15.6 Å². The van der Waals surface area contributed by atoms with Crippen LogP contribution < -0.4 is 15.4 Å². The zero-order chi connectivity index (χ0) is 12.7. The van der Waals surface area contributed by atoms with Gasteiger partial charge in [0.1, 0.15) is 0 Å². The molecule has 7 heteroatoms. The van der Waals surface area contributed by atoms with Crippen molar-refractivity contribution in [1.82, 2.24) is 15.0 Å². The third-order valence-corrected chi connectivity index (χ3v) is 2.05. The summed E-state index contributed by atoms with van der Waals surface area (Å²) in [5.74, 6) is 0.622. The van der Waals surface area contributed by atoms with Crippen LogP contribution in [0.3, 0.4) is 0 Å². The Hall–Kier alpha value is -1.63.